The van der Waals surface area contributed by atoms with E-state index in [1.807, 2.05) is 6.92 Å². The molecule has 0 aliphatic rings. The maximum atomic E-state index is 11.5. The summed E-state index contributed by atoms with van der Waals surface area (Å²) in [5, 5.41) is 2.80. The molecule has 1 unspecified atom stereocenters. The Kier molecular flexibility index (Phi) is 9.87. The van der Waals surface area contributed by atoms with Crippen molar-refractivity contribution in [3.8, 4) is 5.75 Å². The highest BCUT2D eigenvalue weighted by Crippen LogP contribution is 2.16. The van der Waals surface area contributed by atoms with Gasteiger partial charge in [-0.25, -0.2) is 8.42 Å². The van der Waals surface area contributed by atoms with Gasteiger partial charge in [-0.1, -0.05) is 0 Å². The topological polar surface area (TPSA) is 98.5 Å². The Morgan fingerprint density at radius 1 is 1.30 bits per heavy atom. The van der Waals surface area contributed by atoms with E-state index in [0.717, 1.165) is 12.7 Å². The van der Waals surface area contributed by atoms with Crippen molar-refractivity contribution in [2.45, 2.75) is 37.1 Å². The minimum Gasteiger partial charge on any atom is -0.494 e. The van der Waals surface area contributed by atoms with E-state index < -0.39 is 9.84 Å². The molecule has 132 valence electrons. The summed E-state index contributed by atoms with van der Waals surface area (Å²) in [6.07, 6.45) is 2.90. The first kappa shape index (κ1) is 21.7. The molecule has 1 rings (SSSR count). The van der Waals surface area contributed by atoms with Crippen LogP contribution >= 0.6 is 12.4 Å². The number of carbonyl (C=O) groups excluding carboxylic acids is 1. The number of nitrogens with one attached hydrogen (secondary N) is 1. The zero-order valence-corrected chi connectivity index (χ0v) is 15.1. The van der Waals surface area contributed by atoms with Gasteiger partial charge in [-0.2, -0.15) is 0 Å². The lowest BCUT2D eigenvalue weighted by molar-refractivity contribution is -0.121. The first-order valence-corrected chi connectivity index (χ1v) is 9.13. The first-order chi connectivity index (χ1) is 10.3. The predicted octanol–water partition coefficient (Wildman–Crippen LogP) is 1.52. The van der Waals surface area contributed by atoms with Gasteiger partial charge in [0.1, 0.15) is 5.75 Å². The maximum Gasteiger partial charge on any atom is 0.220 e. The van der Waals surface area contributed by atoms with E-state index in [9.17, 15) is 13.2 Å². The second-order valence-electron chi connectivity index (χ2n) is 5.31. The Labute approximate surface area is 144 Å². The van der Waals surface area contributed by atoms with Crippen LogP contribution in [0.15, 0.2) is 29.2 Å². The monoisotopic (exact) mass is 364 g/mol. The van der Waals surface area contributed by atoms with Crippen molar-refractivity contribution in [1.82, 2.24) is 5.32 Å². The van der Waals surface area contributed by atoms with E-state index in [-0.39, 0.29) is 29.3 Å². The smallest absolute Gasteiger partial charge is 0.220 e. The van der Waals surface area contributed by atoms with Gasteiger partial charge in [0, 0.05) is 25.3 Å². The van der Waals surface area contributed by atoms with Gasteiger partial charge in [-0.05, 0) is 44.0 Å². The summed E-state index contributed by atoms with van der Waals surface area (Å²) in [6, 6.07) is 6.31. The van der Waals surface area contributed by atoms with Crippen LogP contribution in [-0.2, 0) is 14.6 Å². The number of nitrogens with two attached hydrogens (primary N) is 1. The normalized spacial score (nSPS) is 12.1. The van der Waals surface area contributed by atoms with Crippen LogP contribution in [0.3, 0.4) is 0 Å². The quantitative estimate of drug-likeness (QED) is 0.647. The van der Waals surface area contributed by atoms with Gasteiger partial charge in [-0.15, -0.1) is 12.4 Å². The first-order valence-electron chi connectivity index (χ1n) is 7.24. The Morgan fingerprint density at radius 3 is 2.43 bits per heavy atom. The zero-order valence-electron chi connectivity index (χ0n) is 13.4. The Hall–Kier alpha value is -1.31. The van der Waals surface area contributed by atoms with Gasteiger partial charge in [0.25, 0.3) is 0 Å². The van der Waals surface area contributed by atoms with Crippen molar-refractivity contribution in [1.29, 1.82) is 0 Å². The van der Waals surface area contributed by atoms with E-state index in [4.69, 9.17) is 10.5 Å². The molecule has 1 amide bonds. The van der Waals surface area contributed by atoms with Crippen molar-refractivity contribution >= 4 is 28.2 Å². The molecule has 0 saturated carbocycles. The molecule has 0 aromatic heterocycles. The fraction of sp³-hybridized carbons (Fsp3) is 0.533. The largest absolute Gasteiger partial charge is 0.494 e. The Morgan fingerprint density at radius 2 is 1.91 bits per heavy atom. The van der Waals surface area contributed by atoms with Gasteiger partial charge < -0.3 is 15.8 Å². The zero-order chi connectivity index (χ0) is 16.6. The van der Waals surface area contributed by atoms with Crippen LogP contribution in [0.4, 0.5) is 0 Å². The molecule has 1 atom stereocenters. The Bertz CT molecular complexity index is 574. The number of carbonyl (C=O) groups is 1. The Balaban J connectivity index is 0.00000484. The van der Waals surface area contributed by atoms with Gasteiger partial charge in [-0.3, -0.25) is 4.79 Å². The van der Waals surface area contributed by atoms with E-state index in [2.05, 4.69) is 5.32 Å². The van der Waals surface area contributed by atoms with Crippen molar-refractivity contribution in [3.05, 3.63) is 24.3 Å². The maximum absolute atomic E-state index is 11.5. The molecular weight excluding hydrogens is 340 g/mol. The highest BCUT2D eigenvalue weighted by atomic mass is 35.5. The van der Waals surface area contributed by atoms with Gasteiger partial charge >= 0.3 is 0 Å². The third-order valence-electron chi connectivity index (χ3n) is 2.99. The predicted molar refractivity (Wildman–Crippen MR) is 92.8 cm³/mol. The minimum atomic E-state index is -3.19. The fourth-order valence-electron chi connectivity index (χ4n) is 1.73. The molecule has 8 heteroatoms. The number of sulfone groups is 1. The number of halogens is 1. The number of ether oxygens (including phenoxy) is 1. The van der Waals surface area contributed by atoms with Crippen LogP contribution in [0.1, 0.15) is 26.2 Å². The molecule has 0 heterocycles. The molecule has 0 bridgehead atoms. The molecule has 1 aromatic carbocycles. The van der Waals surface area contributed by atoms with Gasteiger partial charge in [0.15, 0.2) is 9.84 Å². The average molecular weight is 365 g/mol. The number of benzene rings is 1. The van der Waals surface area contributed by atoms with E-state index in [1.54, 1.807) is 12.1 Å². The number of hydrogen-bond donors (Lipinski definition) is 2. The highest BCUT2D eigenvalue weighted by Gasteiger charge is 2.06. The van der Waals surface area contributed by atoms with Crippen molar-refractivity contribution in [2.75, 3.05) is 19.4 Å². The summed E-state index contributed by atoms with van der Waals surface area (Å²) in [6.45, 7) is 2.89. The van der Waals surface area contributed by atoms with Crippen molar-refractivity contribution < 1.29 is 17.9 Å². The standard InChI is InChI=1S/C15H24N2O4S.ClH/c1-12(16)9-10-17-15(18)4-3-11-21-13-5-7-14(8-6-13)22(2,19)20;/h5-8,12H,3-4,9-11,16H2,1-2H3,(H,17,18);1H. The summed E-state index contributed by atoms with van der Waals surface area (Å²) in [4.78, 5) is 11.8. The second-order valence-corrected chi connectivity index (χ2v) is 7.33. The second kappa shape index (κ2) is 10.5. The molecule has 3 N–H and O–H groups in total. The number of rotatable bonds is 9. The molecule has 0 spiro atoms. The third kappa shape index (κ3) is 9.43. The molecule has 23 heavy (non-hydrogen) atoms. The van der Waals surface area contributed by atoms with E-state index in [0.29, 0.717) is 31.7 Å². The van der Waals surface area contributed by atoms with Gasteiger partial charge in [0.05, 0.1) is 11.5 Å². The number of amides is 1. The molecule has 0 radical (unpaired) electrons. The molecule has 0 fully saturated rings. The van der Waals surface area contributed by atoms with Crippen LogP contribution < -0.4 is 15.8 Å². The third-order valence-corrected chi connectivity index (χ3v) is 4.12. The molecule has 0 saturated heterocycles. The average Bonchev–Trinajstić information content (AvgIpc) is 2.43. The van der Waals surface area contributed by atoms with Crippen LogP contribution in [0, 0.1) is 0 Å². The summed E-state index contributed by atoms with van der Waals surface area (Å²) < 4.78 is 28.1. The van der Waals surface area contributed by atoms with Gasteiger partial charge in [0.2, 0.25) is 5.91 Å². The minimum absolute atomic E-state index is 0. The summed E-state index contributed by atoms with van der Waals surface area (Å²) >= 11 is 0. The highest BCUT2D eigenvalue weighted by molar-refractivity contribution is 7.90. The van der Waals surface area contributed by atoms with Crippen LogP contribution in [0.25, 0.3) is 0 Å². The summed E-state index contributed by atoms with van der Waals surface area (Å²) in [7, 11) is -3.19. The molecular formula is C15H25ClN2O4S. The van der Waals surface area contributed by atoms with Crippen LogP contribution in [-0.4, -0.2) is 39.8 Å². The number of hydrogen-bond acceptors (Lipinski definition) is 5. The van der Waals surface area contributed by atoms with E-state index >= 15 is 0 Å². The summed E-state index contributed by atoms with van der Waals surface area (Å²) in [5.41, 5.74) is 5.59. The van der Waals surface area contributed by atoms with Crippen LogP contribution in [0.2, 0.25) is 0 Å². The lowest BCUT2D eigenvalue weighted by atomic mass is 10.2. The fourth-order valence-corrected chi connectivity index (χ4v) is 2.36. The summed E-state index contributed by atoms with van der Waals surface area (Å²) in [5.74, 6) is 0.571. The lowest BCUT2D eigenvalue weighted by Gasteiger charge is -2.08. The lowest BCUT2D eigenvalue weighted by Crippen LogP contribution is -2.28. The molecule has 1 aromatic rings. The van der Waals surface area contributed by atoms with E-state index in [1.165, 1.54) is 12.1 Å². The van der Waals surface area contributed by atoms with Crippen molar-refractivity contribution in [2.24, 2.45) is 5.73 Å². The van der Waals surface area contributed by atoms with Crippen LogP contribution in [0.5, 0.6) is 5.75 Å². The molecule has 6 nitrogen and oxygen atoms in total. The SMILES string of the molecule is CC(N)CCNC(=O)CCCOc1ccc(S(C)(=O)=O)cc1.Cl. The molecule has 0 aliphatic carbocycles. The molecule has 0 aliphatic heterocycles. The van der Waals surface area contributed by atoms with Crippen molar-refractivity contribution in [3.63, 3.8) is 0 Å².